The quantitative estimate of drug-likeness (QED) is 0.724. The fraction of sp³-hybridized carbons (Fsp3) is 0.238. The highest BCUT2D eigenvalue weighted by atomic mass is 16.4. The van der Waals surface area contributed by atoms with Gasteiger partial charge in [-0.3, -0.25) is 4.79 Å². The lowest BCUT2D eigenvalue weighted by Crippen LogP contribution is -2.30. The first-order chi connectivity index (χ1) is 12.1. The highest BCUT2D eigenvalue weighted by Gasteiger charge is 2.17. The molecule has 0 spiro atoms. The Balaban J connectivity index is 1.89. The predicted molar refractivity (Wildman–Crippen MR) is 99.0 cm³/mol. The fourth-order valence-electron chi connectivity index (χ4n) is 2.66. The Morgan fingerprint density at radius 3 is 2.20 bits per heavy atom. The Morgan fingerprint density at radius 1 is 1.00 bits per heavy atom. The Labute approximate surface area is 147 Å². The van der Waals surface area contributed by atoms with Gasteiger partial charge in [0.1, 0.15) is 5.69 Å². The zero-order valence-electron chi connectivity index (χ0n) is 14.5. The fourth-order valence-corrected chi connectivity index (χ4v) is 2.66. The second-order valence-electron chi connectivity index (χ2n) is 6.24. The van der Waals surface area contributed by atoms with E-state index in [-0.39, 0.29) is 11.9 Å². The largest absolute Gasteiger partial charge is 0.440 e. The highest BCUT2D eigenvalue weighted by Crippen LogP contribution is 2.32. The van der Waals surface area contributed by atoms with Gasteiger partial charge in [0.15, 0.2) is 11.7 Å². The molecule has 0 atom stereocenters. The summed E-state index contributed by atoms with van der Waals surface area (Å²) in [6, 6.07) is 20.0. The van der Waals surface area contributed by atoms with Crippen molar-refractivity contribution in [2.24, 2.45) is 0 Å². The van der Waals surface area contributed by atoms with Gasteiger partial charge < -0.3 is 9.73 Å². The van der Waals surface area contributed by atoms with Gasteiger partial charge in [0, 0.05) is 30.0 Å². The van der Waals surface area contributed by atoms with E-state index in [2.05, 4.69) is 10.3 Å². The molecule has 2 aromatic carbocycles. The topological polar surface area (TPSA) is 55.1 Å². The van der Waals surface area contributed by atoms with Crippen LogP contribution in [0.1, 0.15) is 26.2 Å². The van der Waals surface area contributed by atoms with Crippen LogP contribution in [0.3, 0.4) is 0 Å². The molecule has 3 aromatic rings. The van der Waals surface area contributed by atoms with Gasteiger partial charge in [-0.15, -0.1) is 0 Å². The summed E-state index contributed by atoms with van der Waals surface area (Å²) in [5, 5.41) is 2.89. The number of carbonyl (C=O) groups is 1. The lowest BCUT2D eigenvalue weighted by molar-refractivity contribution is -0.121. The van der Waals surface area contributed by atoms with Gasteiger partial charge in [-0.05, 0) is 13.8 Å². The summed E-state index contributed by atoms with van der Waals surface area (Å²) in [5.74, 6) is 1.33. The minimum atomic E-state index is 0.00993. The van der Waals surface area contributed by atoms with Crippen molar-refractivity contribution in [1.82, 2.24) is 10.3 Å². The average Bonchev–Trinajstić information content (AvgIpc) is 3.05. The lowest BCUT2D eigenvalue weighted by atomic mass is 10.1. The van der Waals surface area contributed by atoms with E-state index in [1.807, 2.05) is 74.5 Å². The van der Waals surface area contributed by atoms with Crippen molar-refractivity contribution in [2.75, 3.05) is 0 Å². The summed E-state index contributed by atoms with van der Waals surface area (Å²) in [4.78, 5) is 16.5. The Kier molecular flexibility index (Phi) is 5.29. The molecule has 4 nitrogen and oxygen atoms in total. The Bertz CT molecular complexity index is 767. The first kappa shape index (κ1) is 17.0. The van der Waals surface area contributed by atoms with E-state index < -0.39 is 0 Å². The van der Waals surface area contributed by atoms with Crippen LogP contribution in [0.25, 0.3) is 22.6 Å². The molecule has 4 heteroatoms. The smallest absolute Gasteiger partial charge is 0.220 e. The Morgan fingerprint density at radius 2 is 1.60 bits per heavy atom. The number of nitrogens with one attached hydrogen (secondary N) is 1. The maximum absolute atomic E-state index is 11.9. The minimum absolute atomic E-state index is 0.00993. The highest BCUT2D eigenvalue weighted by molar-refractivity contribution is 5.78. The summed E-state index contributed by atoms with van der Waals surface area (Å²) < 4.78 is 6.02. The molecule has 25 heavy (non-hydrogen) atoms. The molecule has 128 valence electrons. The number of oxazole rings is 1. The second kappa shape index (κ2) is 7.79. The van der Waals surface area contributed by atoms with Crippen LogP contribution in [0.5, 0.6) is 0 Å². The summed E-state index contributed by atoms with van der Waals surface area (Å²) >= 11 is 0. The van der Waals surface area contributed by atoms with Gasteiger partial charge in [-0.2, -0.15) is 0 Å². The monoisotopic (exact) mass is 334 g/mol. The molecule has 0 aliphatic carbocycles. The van der Waals surface area contributed by atoms with Crippen LogP contribution in [0.15, 0.2) is 65.1 Å². The zero-order chi connectivity index (χ0) is 17.6. The number of rotatable bonds is 6. The molecular weight excluding hydrogens is 312 g/mol. The third-order valence-corrected chi connectivity index (χ3v) is 3.77. The van der Waals surface area contributed by atoms with Gasteiger partial charge in [-0.1, -0.05) is 60.7 Å². The summed E-state index contributed by atoms with van der Waals surface area (Å²) in [5.41, 5.74) is 2.79. The third kappa shape index (κ3) is 4.35. The zero-order valence-corrected chi connectivity index (χ0v) is 14.5. The van der Waals surface area contributed by atoms with Crippen LogP contribution < -0.4 is 5.32 Å². The molecule has 0 fully saturated rings. The molecule has 1 aromatic heterocycles. The van der Waals surface area contributed by atoms with E-state index in [4.69, 9.17) is 4.42 Å². The predicted octanol–water partition coefficient (Wildman–Crippen LogP) is 4.47. The molecule has 0 radical (unpaired) electrons. The number of carbonyl (C=O) groups excluding carboxylic acids is 1. The number of amides is 1. The van der Waals surface area contributed by atoms with Crippen molar-refractivity contribution in [3.63, 3.8) is 0 Å². The normalized spacial score (nSPS) is 10.8. The summed E-state index contributed by atoms with van der Waals surface area (Å²) in [6.45, 7) is 3.90. The van der Waals surface area contributed by atoms with E-state index in [9.17, 15) is 4.79 Å². The number of hydrogen-bond acceptors (Lipinski definition) is 3. The maximum Gasteiger partial charge on any atom is 0.220 e. The van der Waals surface area contributed by atoms with Gasteiger partial charge in [0.25, 0.3) is 0 Å². The molecule has 1 amide bonds. The van der Waals surface area contributed by atoms with Crippen LogP contribution in [0, 0.1) is 0 Å². The van der Waals surface area contributed by atoms with E-state index in [0.29, 0.717) is 18.7 Å². The average molecular weight is 334 g/mol. The van der Waals surface area contributed by atoms with Crippen LogP contribution in [0.2, 0.25) is 0 Å². The van der Waals surface area contributed by atoms with Crippen molar-refractivity contribution in [2.45, 2.75) is 32.7 Å². The van der Waals surface area contributed by atoms with Crippen LogP contribution >= 0.6 is 0 Å². The van der Waals surface area contributed by atoms with Crippen molar-refractivity contribution in [1.29, 1.82) is 0 Å². The van der Waals surface area contributed by atoms with Crippen molar-refractivity contribution < 1.29 is 9.21 Å². The minimum Gasteiger partial charge on any atom is -0.440 e. The Hall–Kier alpha value is -2.88. The molecule has 0 bridgehead atoms. The third-order valence-electron chi connectivity index (χ3n) is 3.77. The first-order valence-electron chi connectivity index (χ1n) is 8.53. The van der Waals surface area contributed by atoms with E-state index in [1.165, 1.54) is 0 Å². The number of aryl methyl sites for hydroxylation is 1. The van der Waals surface area contributed by atoms with Gasteiger partial charge in [0.05, 0.1) is 0 Å². The molecule has 0 saturated carbocycles. The molecule has 0 aliphatic rings. The standard InChI is InChI=1S/C21H22N2O2/c1-15(2)22-18(24)13-14-19-23-20(16-9-5-3-6-10-16)21(25-19)17-11-7-4-8-12-17/h3-12,15H,13-14H2,1-2H3,(H,22,24). The molecule has 1 N–H and O–H groups in total. The van der Waals surface area contributed by atoms with Crippen molar-refractivity contribution >= 4 is 5.91 Å². The van der Waals surface area contributed by atoms with Crippen LogP contribution in [0.4, 0.5) is 0 Å². The first-order valence-corrected chi connectivity index (χ1v) is 8.53. The van der Waals surface area contributed by atoms with Crippen molar-refractivity contribution in [3.8, 4) is 22.6 Å². The van der Waals surface area contributed by atoms with E-state index in [0.717, 1.165) is 22.6 Å². The molecule has 0 unspecified atom stereocenters. The summed E-state index contributed by atoms with van der Waals surface area (Å²) in [7, 11) is 0. The van der Waals surface area contributed by atoms with Crippen LogP contribution in [-0.4, -0.2) is 16.9 Å². The van der Waals surface area contributed by atoms with Gasteiger partial charge >= 0.3 is 0 Å². The SMILES string of the molecule is CC(C)NC(=O)CCc1nc(-c2ccccc2)c(-c2ccccc2)o1. The van der Waals surface area contributed by atoms with Gasteiger partial charge in [0.2, 0.25) is 5.91 Å². The number of hydrogen-bond donors (Lipinski definition) is 1. The van der Waals surface area contributed by atoms with Gasteiger partial charge in [-0.25, -0.2) is 4.98 Å². The molecular formula is C21H22N2O2. The molecule has 0 aliphatic heterocycles. The van der Waals surface area contributed by atoms with E-state index >= 15 is 0 Å². The molecule has 3 rings (SSSR count). The summed E-state index contributed by atoms with van der Waals surface area (Å²) in [6.07, 6.45) is 0.840. The molecule has 0 saturated heterocycles. The lowest BCUT2D eigenvalue weighted by Gasteiger charge is -2.06. The van der Waals surface area contributed by atoms with Crippen LogP contribution in [-0.2, 0) is 11.2 Å². The number of aromatic nitrogens is 1. The second-order valence-corrected chi connectivity index (χ2v) is 6.24. The van der Waals surface area contributed by atoms with Crippen molar-refractivity contribution in [3.05, 3.63) is 66.6 Å². The number of benzene rings is 2. The maximum atomic E-state index is 11.9. The molecule has 1 heterocycles. The van der Waals surface area contributed by atoms with E-state index in [1.54, 1.807) is 0 Å². The number of nitrogens with zero attached hydrogens (tertiary/aromatic N) is 1.